The van der Waals surface area contributed by atoms with Crippen LogP contribution in [0.1, 0.15) is 30.9 Å². The molecule has 9 heteroatoms. The first-order valence-corrected chi connectivity index (χ1v) is 10.6. The van der Waals surface area contributed by atoms with E-state index in [1.54, 1.807) is 24.3 Å². The SMILES string of the molecule is CCOc1ccc(NC(=O)CCC(=O)NNC(=O)COc2c(C)cc(Br)cc2C)cc1. The molecular weight excluding hydrogens is 466 g/mol. The van der Waals surface area contributed by atoms with Crippen LogP contribution in [0.15, 0.2) is 40.9 Å². The molecule has 31 heavy (non-hydrogen) atoms. The first kappa shape index (κ1) is 24.2. The lowest BCUT2D eigenvalue weighted by atomic mass is 10.1. The molecule has 0 spiro atoms. The highest BCUT2D eigenvalue weighted by Crippen LogP contribution is 2.27. The second-order valence-corrected chi connectivity index (χ2v) is 7.67. The lowest BCUT2D eigenvalue weighted by molar-refractivity contribution is -0.130. The fourth-order valence-corrected chi connectivity index (χ4v) is 3.44. The van der Waals surface area contributed by atoms with Crippen LogP contribution in [0.3, 0.4) is 0 Å². The number of carbonyl (C=O) groups excluding carboxylic acids is 3. The summed E-state index contributed by atoms with van der Waals surface area (Å²) in [5.41, 5.74) is 6.94. The van der Waals surface area contributed by atoms with Gasteiger partial charge in [-0.15, -0.1) is 0 Å². The van der Waals surface area contributed by atoms with E-state index < -0.39 is 11.8 Å². The minimum absolute atomic E-state index is 0.0251. The van der Waals surface area contributed by atoms with Gasteiger partial charge in [0.25, 0.3) is 5.91 Å². The summed E-state index contributed by atoms with van der Waals surface area (Å²) in [4.78, 5) is 35.8. The Labute approximate surface area is 189 Å². The molecule has 0 heterocycles. The number of amides is 3. The van der Waals surface area contributed by atoms with E-state index in [0.29, 0.717) is 23.8 Å². The molecule has 0 saturated heterocycles. The second kappa shape index (κ2) is 11.9. The van der Waals surface area contributed by atoms with Gasteiger partial charge in [-0.3, -0.25) is 25.2 Å². The maximum Gasteiger partial charge on any atom is 0.276 e. The highest BCUT2D eigenvalue weighted by atomic mass is 79.9. The summed E-state index contributed by atoms with van der Waals surface area (Å²) in [5, 5.41) is 2.70. The molecular formula is C22H26BrN3O5. The average molecular weight is 492 g/mol. The maximum absolute atomic E-state index is 12.0. The van der Waals surface area contributed by atoms with Gasteiger partial charge < -0.3 is 14.8 Å². The highest BCUT2D eigenvalue weighted by molar-refractivity contribution is 9.10. The molecule has 0 radical (unpaired) electrons. The molecule has 166 valence electrons. The summed E-state index contributed by atoms with van der Waals surface area (Å²) in [6.45, 7) is 5.96. The molecule has 0 aliphatic carbocycles. The van der Waals surface area contributed by atoms with Crippen LogP contribution in [0, 0.1) is 13.8 Å². The summed E-state index contributed by atoms with van der Waals surface area (Å²) in [6, 6.07) is 10.7. The van der Waals surface area contributed by atoms with Crippen LogP contribution in [-0.4, -0.2) is 30.9 Å². The molecule has 0 unspecified atom stereocenters. The number of nitrogens with one attached hydrogen (secondary N) is 3. The molecule has 2 aromatic carbocycles. The Morgan fingerprint density at radius 2 is 1.45 bits per heavy atom. The van der Waals surface area contributed by atoms with Gasteiger partial charge in [0.15, 0.2) is 6.61 Å². The Hall–Kier alpha value is -3.07. The molecule has 0 aliphatic rings. The van der Waals surface area contributed by atoms with Crippen LogP contribution >= 0.6 is 15.9 Å². The third-order valence-electron chi connectivity index (χ3n) is 4.14. The third kappa shape index (κ3) is 8.29. The van der Waals surface area contributed by atoms with Gasteiger partial charge in [0.1, 0.15) is 11.5 Å². The molecule has 3 amide bonds. The standard InChI is InChI=1S/C22H26BrN3O5/c1-4-30-18-7-5-17(6-8-18)24-19(27)9-10-20(28)25-26-21(29)13-31-22-14(2)11-16(23)12-15(22)3/h5-8,11-12H,4,9-10,13H2,1-3H3,(H,24,27)(H,25,28)(H,26,29). The van der Waals surface area contributed by atoms with Crippen LogP contribution < -0.4 is 25.6 Å². The van der Waals surface area contributed by atoms with Crippen molar-refractivity contribution >= 4 is 39.3 Å². The minimum atomic E-state index is -0.506. The summed E-state index contributed by atoms with van der Waals surface area (Å²) in [6.07, 6.45) is -0.0996. The van der Waals surface area contributed by atoms with Crippen molar-refractivity contribution in [3.8, 4) is 11.5 Å². The number of carbonyl (C=O) groups is 3. The lowest BCUT2D eigenvalue weighted by Gasteiger charge is -2.13. The zero-order valence-corrected chi connectivity index (χ0v) is 19.3. The minimum Gasteiger partial charge on any atom is -0.494 e. The van der Waals surface area contributed by atoms with Gasteiger partial charge in [0.2, 0.25) is 11.8 Å². The van der Waals surface area contributed by atoms with Crippen molar-refractivity contribution in [2.75, 3.05) is 18.5 Å². The average Bonchev–Trinajstić information content (AvgIpc) is 2.71. The zero-order chi connectivity index (χ0) is 22.8. The van der Waals surface area contributed by atoms with Crippen molar-refractivity contribution < 1.29 is 23.9 Å². The summed E-state index contributed by atoms with van der Waals surface area (Å²) in [7, 11) is 0. The van der Waals surface area contributed by atoms with Crippen molar-refractivity contribution in [3.63, 3.8) is 0 Å². The van der Waals surface area contributed by atoms with Gasteiger partial charge >= 0.3 is 0 Å². The van der Waals surface area contributed by atoms with Crippen LogP contribution in [0.4, 0.5) is 5.69 Å². The van der Waals surface area contributed by atoms with Gasteiger partial charge in [0.05, 0.1) is 6.61 Å². The monoisotopic (exact) mass is 491 g/mol. The number of halogens is 1. The quantitative estimate of drug-likeness (QED) is 0.466. The molecule has 0 aromatic heterocycles. The molecule has 2 aromatic rings. The first-order valence-electron chi connectivity index (χ1n) is 9.78. The van der Waals surface area contributed by atoms with E-state index in [9.17, 15) is 14.4 Å². The largest absolute Gasteiger partial charge is 0.494 e. The van der Waals surface area contributed by atoms with E-state index in [4.69, 9.17) is 9.47 Å². The predicted molar refractivity (Wildman–Crippen MR) is 121 cm³/mol. The van der Waals surface area contributed by atoms with Gasteiger partial charge in [-0.05, 0) is 68.3 Å². The van der Waals surface area contributed by atoms with Crippen LogP contribution in [-0.2, 0) is 14.4 Å². The Morgan fingerprint density at radius 3 is 2.06 bits per heavy atom. The number of ether oxygens (including phenoxy) is 2. The zero-order valence-electron chi connectivity index (χ0n) is 17.7. The molecule has 3 N–H and O–H groups in total. The summed E-state index contributed by atoms with van der Waals surface area (Å²) < 4.78 is 11.8. The van der Waals surface area contributed by atoms with E-state index in [-0.39, 0.29) is 25.4 Å². The second-order valence-electron chi connectivity index (χ2n) is 6.76. The Bertz CT molecular complexity index is 908. The van der Waals surface area contributed by atoms with E-state index >= 15 is 0 Å². The normalized spacial score (nSPS) is 10.2. The highest BCUT2D eigenvalue weighted by Gasteiger charge is 2.11. The van der Waals surface area contributed by atoms with E-state index in [2.05, 4.69) is 32.1 Å². The van der Waals surface area contributed by atoms with Crippen LogP contribution in [0.2, 0.25) is 0 Å². The van der Waals surface area contributed by atoms with Crippen molar-refractivity contribution in [2.24, 2.45) is 0 Å². The number of hydrogen-bond donors (Lipinski definition) is 3. The Morgan fingerprint density at radius 1 is 0.871 bits per heavy atom. The van der Waals surface area contributed by atoms with Crippen molar-refractivity contribution in [1.82, 2.24) is 10.9 Å². The summed E-state index contributed by atoms with van der Waals surface area (Å²) >= 11 is 3.40. The molecule has 2 rings (SSSR count). The number of rotatable bonds is 9. The molecule has 0 bridgehead atoms. The van der Waals surface area contributed by atoms with Crippen molar-refractivity contribution in [3.05, 3.63) is 52.0 Å². The summed E-state index contributed by atoms with van der Waals surface area (Å²) in [5.74, 6) is 0.0379. The van der Waals surface area contributed by atoms with Gasteiger partial charge in [0, 0.05) is 23.0 Å². The number of hydrogen-bond acceptors (Lipinski definition) is 5. The van der Waals surface area contributed by atoms with Crippen molar-refractivity contribution in [2.45, 2.75) is 33.6 Å². The Balaban J connectivity index is 1.68. The maximum atomic E-state index is 12.0. The molecule has 0 atom stereocenters. The molecule has 0 saturated carbocycles. The smallest absolute Gasteiger partial charge is 0.276 e. The topological polar surface area (TPSA) is 106 Å². The fourth-order valence-electron chi connectivity index (χ4n) is 2.75. The van der Waals surface area contributed by atoms with Crippen LogP contribution in [0.5, 0.6) is 11.5 Å². The van der Waals surface area contributed by atoms with Gasteiger partial charge in [-0.2, -0.15) is 0 Å². The third-order valence-corrected chi connectivity index (χ3v) is 4.60. The van der Waals surface area contributed by atoms with E-state index in [0.717, 1.165) is 15.6 Å². The van der Waals surface area contributed by atoms with Crippen molar-refractivity contribution in [1.29, 1.82) is 0 Å². The molecule has 0 aliphatic heterocycles. The number of benzene rings is 2. The molecule has 8 nitrogen and oxygen atoms in total. The number of aryl methyl sites for hydroxylation is 2. The molecule has 0 fully saturated rings. The lowest BCUT2D eigenvalue weighted by Crippen LogP contribution is -2.44. The van der Waals surface area contributed by atoms with Crippen LogP contribution in [0.25, 0.3) is 0 Å². The Kier molecular flexibility index (Phi) is 9.33. The van der Waals surface area contributed by atoms with E-state index in [1.165, 1.54) is 0 Å². The first-order chi connectivity index (χ1) is 14.8. The number of anilines is 1. The van der Waals surface area contributed by atoms with Gasteiger partial charge in [-0.25, -0.2) is 0 Å². The number of hydrazine groups is 1. The van der Waals surface area contributed by atoms with Gasteiger partial charge in [-0.1, -0.05) is 15.9 Å². The fraction of sp³-hybridized carbons (Fsp3) is 0.318. The van der Waals surface area contributed by atoms with E-state index in [1.807, 2.05) is 32.9 Å². The predicted octanol–water partition coefficient (Wildman–Crippen LogP) is 3.41.